The van der Waals surface area contributed by atoms with Crippen molar-refractivity contribution in [3.05, 3.63) is 45.6 Å². The summed E-state index contributed by atoms with van der Waals surface area (Å²) in [5.41, 5.74) is 1.70. The van der Waals surface area contributed by atoms with Gasteiger partial charge in [-0.1, -0.05) is 27.7 Å². The number of carbonyl (C=O) groups is 1. The minimum Gasteiger partial charge on any atom is -0.435 e. The van der Waals surface area contributed by atoms with E-state index in [1.54, 1.807) is 33.0 Å². The number of thiophene rings is 1. The maximum Gasteiger partial charge on any atom is 0.387 e. The van der Waals surface area contributed by atoms with E-state index in [-0.39, 0.29) is 23.4 Å². The van der Waals surface area contributed by atoms with Crippen molar-refractivity contribution in [2.24, 2.45) is 9.50 Å². The second-order valence-electron chi connectivity index (χ2n) is 8.44. The molecule has 0 aliphatic rings. The van der Waals surface area contributed by atoms with Crippen LogP contribution in [0.15, 0.2) is 26.8 Å². The summed E-state index contributed by atoms with van der Waals surface area (Å²) in [6.07, 6.45) is 1.15. The van der Waals surface area contributed by atoms with Crippen LogP contribution >= 0.6 is 11.3 Å². The molecule has 2 rings (SSSR count). The molecule has 0 aliphatic carbocycles. The molecule has 0 aliphatic heterocycles. The third-order valence-corrected chi connectivity index (χ3v) is 7.64. The molecule has 0 bridgehead atoms. The topological polar surface area (TPSA) is 84.9 Å². The zero-order chi connectivity index (χ0) is 25.5. The van der Waals surface area contributed by atoms with Gasteiger partial charge >= 0.3 is 6.61 Å². The van der Waals surface area contributed by atoms with Crippen LogP contribution in [0.1, 0.15) is 74.9 Å². The molecule has 0 fully saturated rings. The first-order valence-electron chi connectivity index (χ1n) is 10.4. The molecule has 3 N–H and O–H groups in total. The number of nitrogens with two attached hydrogens (primary N) is 1. The van der Waals surface area contributed by atoms with Crippen molar-refractivity contribution in [1.82, 2.24) is 0 Å². The molecule has 0 radical (unpaired) electrons. The van der Waals surface area contributed by atoms with Crippen LogP contribution in [-0.2, 0) is 27.7 Å². The Labute approximate surface area is 200 Å². The first-order valence-corrected chi connectivity index (χ1v) is 12.4. The van der Waals surface area contributed by atoms with Crippen molar-refractivity contribution in [3.63, 3.8) is 0 Å². The molecule has 1 heterocycles. The molecule has 1 aromatic carbocycles. The molecule has 1 atom stereocenters. The Morgan fingerprint density at radius 1 is 1.18 bits per heavy atom. The van der Waals surface area contributed by atoms with Gasteiger partial charge in [0.05, 0.1) is 5.60 Å². The molecule has 2 aromatic rings. The van der Waals surface area contributed by atoms with Gasteiger partial charge in [0.2, 0.25) is 0 Å². The van der Waals surface area contributed by atoms with E-state index >= 15 is 0 Å². The average Bonchev–Trinajstić information content (AvgIpc) is 3.10. The van der Waals surface area contributed by atoms with Crippen LogP contribution in [0.4, 0.5) is 13.2 Å². The van der Waals surface area contributed by atoms with Crippen molar-refractivity contribution >= 4 is 28.5 Å². The van der Waals surface area contributed by atoms with Crippen molar-refractivity contribution in [1.29, 1.82) is 0 Å². The molecule has 10 heteroatoms. The van der Waals surface area contributed by atoms with E-state index in [0.717, 1.165) is 23.0 Å². The lowest BCUT2D eigenvalue weighted by Crippen LogP contribution is -2.12. The molecule has 0 spiro atoms. The van der Waals surface area contributed by atoms with E-state index in [9.17, 15) is 23.1 Å². The zero-order valence-electron chi connectivity index (χ0n) is 20.0. The van der Waals surface area contributed by atoms with Gasteiger partial charge in [0.1, 0.15) is 22.1 Å². The summed E-state index contributed by atoms with van der Waals surface area (Å²) in [5, 5.41) is 15.3. The smallest absolute Gasteiger partial charge is 0.387 e. The number of aldehydes is 1. The average molecular weight is 507 g/mol. The molecular formula is C23H33F3N2O3S2. The maximum absolute atomic E-state index is 13.3. The lowest BCUT2D eigenvalue weighted by atomic mass is 9.87. The predicted octanol–water partition coefficient (Wildman–Crippen LogP) is 6.06. The second-order valence-corrected chi connectivity index (χ2v) is 11.2. The Morgan fingerprint density at radius 2 is 1.70 bits per heavy atom. The molecule has 0 amide bonds. The Bertz CT molecular complexity index is 939. The van der Waals surface area contributed by atoms with Crippen LogP contribution < -0.4 is 9.88 Å². The summed E-state index contributed by atoms with van der Waals surface area (Å²) in [6.45, 7) is 8.27. The number of aliphatic hydroxyl groups is 1. The summed E-state index contributed by atoms with van der Waals surface area (Å²) >= 11 is 1.17. The summed E-state index contributed by atoms with van der Waals surface area (Å²) < 4.78 is 46.8. The number of hydrogen-bond donors (Lipinski definition) is 2. The fraction of sp³-hybridized carbons (Fsp3) is 0.522. The normalized spacial score (nSPS) is 12.8. The first kappa shape index (κ1) is 29.3. The highest BCUT2D eigenvalue weighted by Gasteiger charge is 2.22. The largest absolute Gasteiger partial charge is 0.435 e. The van der Waals surface area contributed by atoms with Gasteiger partial charge in [0, 0.05) is 29.2 Å². The summed E-state index contributed by atoms with van der Waals surface area (Å²) in [4.78, 5) is 11.4. The number of carbonyl (C=O) groups excluding carboxylic acids is 1. The van der Waals surface area contributed by atoms with E-state index < -0.39 is 23.1 Å². The van der Waals surface area contributed by atoms with E-state index in [2.05, 4.69) is 9.10 Å². The number of hydrogen-bond acceptors (Lipinski definition) is 5. The van der Waals surface area contributed by atoms with Gasteiger partial charge in [0.25, 0.3) is 0 Å². The van der Waals surface area contributed by atoms with Crippen molar-refractivity contribution < 1.29 is 27.8 Å². The summed E-state index contributed by atoms with van der Waals surface area (Å²) in [7, 11) is 0.639. The van der Waals surface area contributed by atoms with Crippen molar-refractivity contribution in [2.45, 2.75) is 76.2 Å². The molecule has 33 heavy (non-hydrogen) atoms. The highest BCUT2D eigenvalue weighted by molar-refractivity contribution is 7.87. The lowest BCUT2D eigenvalue weighted by Gasteiger charge is -2.20. The highest BCUT2D eigenvalue weighted by atomic mass is 32.2. The quantitative estimate of drug-likeness (QED) is 0.427. The number of ether oxygens (including phenoxy) is 1. The van der Waals surface area contributed by atoms with Crippen molar-refractivity contribution in [2.75, 3.05) is 7.05 Å². The fourth-order valence-corrected chi connectivity index (χ4v) is 5.12. The molecule has 0 saturated heterocycles. The zero-order valence-corrected chi connectivity index (χ0v) is 21.6. The van der Waals surface area contributed by atoms with Gasteiger partial charge in [-0.15, -0.1) is 11.3 Å². The Kier molecular flexibility index (Phi) is 11.2. The van der Waals surface area contributed by atoms with Crippen molar-refractivity contribution in [3.8, 4) is 5.75 Å². The monoisotopic (exact) mass is 506 g/mol. The van der Waals surface area contributed by atoms with Crippen LogP contribution in [0.2, 0.25) is 0 Å². The van der Waals surface area contributed by atoms with Crippen LogP contribution in [-0.4, -0.2) is 25.1 Å². The number of alkyl halides is 2. The SMILES string of the molecule is CC(C)c1cc(OC(F)F)cc(C(C)C)c1CC=O.CN=S(N)c1sc(C(C)(C)O)cc1F. The number of halogens is 3. The molecule has 1 unspecified atom stereocenters. The van der Waals surface area contributed by atoms with Gasteiger partial charge in [-0.3, -0.25) is 5.14 Å². The maximum atomic E-state index is 13.3. The minimum atomic E-state index is -2.84. The second kappa shape index (κ2) is 12.6. The Balaban J connectivity index is 0.000000346. The van der Waals surface area contributed by atoms with Crippen LogP contribution in [0, 0.1) is 5.82 Å². The van der Waals surface area contributed by atoms with Crippen LogP contribution in [0.3, 0.4) is 0 Å². The van der Waals surface area contributed by atoms with Gasteiger partial charge in [-0.2, -0.15) is 8.78 Å². The number of nitrogens with zero attached hydrogens (tertiary/aromatic N) is 1. The third kappa shape index (κ3) is 8.51. The summed E-state index contributed by atoms with van der Waals surface area (Å²) in [6, 6.07) is 4.54. The highest BCUT2D eigenvalue weighted by Crippen LogP contribution is 2.33. The van der Waals surface area contributed by atoms with Gasteiger partial charge in [-0.25, -0.2) is 8.75 Å². The van der Waals surface area contributed by atoms with E-state index in [1.165, 1.54) is 17.4 Å². The number of benzene rings is 1. The lowest BCUT2D eigenvalue weighted by molar-refractivity contribution is -0.107. The molecule has 186 valence electrons. The van der Waals surface area contributed by atoms with Crippen LogP contribution in [0.25, 0.3) is 0 Å². The minimum absolute atomic E-state index is 0.147. The fourth-order valence-electron chi connectivity index (χ4n) is 3.09. The van der Waals surface area contributed by atoms with E-state index in [0.29, 0.717) is 15.5 Å². The Hall–Kier alpha value is -1.75. The van der Waals surface area contributed by atoms with E-state index in [1.807, 2.05) is 27.7 Å². The molecule has 5 nitrogen and oxygen atoms in total. The van der Waals surface area contributed by atoms with E-state index in [4.69, 9.17) is 5.14 Å². The standard InChI is InChI=1S/C15H20F2O2.C8H13FN2OS2/c1-9(2)13-7-11(19-15(16)17)8-14(10(3)4)12(13)5-6-18;1-8(2,12)6-4-5(9)7(13-6)14(10)11-3/h6-10,15H,5H2,1-4H3;4,12H,1-3H3,(H2,10,11). The van der Waals surface area contributed by atoms with Gasteiger partial charge in [0.15, 0.2) is 0 Å². The van der Waals surface area contributed by atoms with Gasteiger partial charge in [-0.05, 0) is 60.6 Å². The Morgan fingerprint density at radius 3 is 2.03 bits per heavy atom. The first-order chi connectivity index (χ1) is 15.2. The molecular weight excluding hydrogens is 473 g/mol. The third-order valence-electron chi connectivity index (χ3n) is 4.69. The summed E-state index contributed by atoms with van der Waals surface area (Å²) in [5.74, 6) is 0.0722. The predicted molar refractivity (Wildman–Crippen MR) is 129 cm³/mol. The number of rotatable bonds is 8. The molecule has 0 saturated carbocycles. The van der Waals surface area contributed by atoms with Crippen LogP contribution in [0.5, 0.6) is 5.75 Å². The van der Waals surface area contributed by atoms with Gasteiger partial charge < -0.3 is 14.6 Å². The molecule has 1 aromatic heterocycles.